The van der Waals surface area contributed by atoms with E-state index in [9.17, 15) is 4.79 Å². The summed E-state index contributed by atoms with van der Waals surface area (Å²) in [5.41, 5.74) is 3.63. The number of fused-ring (bicyclic) bond motifs is 3. The lowest BCUT2D eigenvalue weighted by atomic mass is 10.1. The van der Waals surface area contributed by atoms with E-state index in [1.165, 1.54) is 5.56 Å². The maximum Gasteiger partial charge on any atom is 0.224 e. The monoisotopic (exact) mass is 392 g/mol. The molecular weight excluding hydrogens is 372 g/mol. The van der Waals surface area contributed by atoms with Gasteiger partial charge in [-0.05, 0) is 30.2 Å². The third-order valence-electron chi connectivity index (χ3n) is 4.62. The molecular formula is C22H21ClN4O. The van der Waals surface area contributed by atoms with Crippen molar-refractivity contribution in [3.8, 4) is 0 Å². The number of anilines is 2. The van der Waals surface area contributed by atoms with Gasteiger partial charge in [0.1, 0.15) is 5.82 Å². The zero-order valence-corrected chi connectivity index (χ0v) is 16.3. The molecule has 1 amide bonds. The van der Waals surface area contributed by atoms with Crippen molar-refractivity contribution in [3.63, 3.8) is 0 Å². The van der Waals surface area contributed by atoms with Crippen LogP contribution in [0.1, 0.15) is 25.3 Å². The second-order valence-electron chi connectivity index (χ2n) is 6.75. The molecule has 0 radical (unpaired) electrons. The van der Waals surface area contributed by atoms with E-state index in [4.69, 9.17) is 11.6 Å². The first-order chi connectivity index (χ1) is 13.6. The zero-order valence-electron chi connectivity index (χ0n) is 15.6. The van der Waals surface area contributed by atoms with Crippen molar-refractivity contribution in [3.05, 3.63) is 65.3 Å². The van der Waals surface area contributed by atoms with Gasteiger partial charge < -0.3 is 15.6 Å². The van der Waals surface area contributed by atoms with Crippen molar-refractivity contribution in [2.75, 3.05) is 10.6 Å². The largest absolute Gasteiger partial charge is 0.366 e. The summed E-state index contributed by atoms with van der Waals surface area (Å²) in [5.74, 6) is 0.766. The first-order valence-electron chi connectivity index (χ1n) is 9.32. The lowest BCUT2D eigenvalue weighted by Crippen LogP contribution is -2.10. The number of hydrogen-bond acceptors (Lipinski definition) is 3. The van der Waals surface area contributed by atoms with Crippen molar-refractivity contribution >= 4 is 50.8 Å². The fourth-order valence-electron chi connectivity index (χ4n) is 3.29. The summed E-state index contributed by atoms with van der Waals surface area (Å²) in [5, 5.41) is 8.86. The number of nitrogens with one attached hydrogen (secondary N) is 3. The molecule has 0 spiro atoms. The fourth-order valence-corrected chi connectivity index (χ4v) is 3.51. The van der Waals surface area contributed by atoms with E-state index in [1.807, 2.05) is 37.3 Å². The SMILES string of the molecule is CCCC(=O)Nc1cc(Cl)cc2c1[nH]c1cnc(NCc3ccccc3)cc12. The average molecular weight is 393 g/mol. The highest BCUT2D eigenvalue weighted by Gasteiger charge is 2.13. The minimum absolute atomic E-state index is 0.0203. The number of aromatic nitrogens is 2. The van der Waals surface area contributed by atoms with E-state index in [-0.39, 0.29) is 5.91 Å². The molecule has 0 aliphatic carbocycles. The van der Waals surface area contributed by atoms with Crippen LogP contribution in [0.3, 0.4) is 0 Å². The molecule has 4 aromatic rings. The van der Waals surface area contributed by atoms with Gasteiger partial charge in [0.15, 0.2) is 0 Å². The quantitative estimate of drug-likeness (QED) is 0.393. The van der Waals surface area contributed by atoms with Crippen LogP contribution in [-0.2, 0) is 11.3 Å². The van der Waals surface area contributed by atoms with Gasteiger partial charge in [0.05, 0.1) is 22.9 Å². The van der Waals surface area contributed by atoms with Gasteiger partial charge in [-0.3, -0.25) is 4.79 Å². The Hall–Kier alpha value is -3.05. The number of amides is 1. The highest BCUT2D eigenvalue weighted by atomic mass is 35.5. The molecule has 0 saturated heterocycles. The minimum atomic E-state index is -0.0203. The molecule has 0 bridgehead atoms. The molecule has 5 nitrogen and oxygen atoms in total. The van der Waals surface area contributed by atoms with Crippen molar-refractivity contribution in [2.45, 2.75) is 26.3 Å². The molecule has 28 heavy (non-hydrogen) atoms. The molecule has 0 atom stereocenters. The third kappa shape index (κ3) is 3.80. The number of benzene rings is 2. The number of H-pyrrole nitrogens is 1. The van der Waals surface area contributed by atoms with Crippen LogP contribution in [0.15, 0.2) is 54.7 Å². The normalized spacial score (nSPS) is 11.1. The van der Waals surface area contributed by atoms with Crippen LogP contribution in [0, 0.1) is 0 Å². The van der Waals surface area contributed by atoms with Crippen LogP contribution >= 0.6 is 11.6 Å². The second kappa shape index (κ2) is 7.90. The van der Waals surface area contributed by atoms with Crippen molar-refractivity contribution < 1.29 is 4.79 Å². The molecule has 3 N–H and O–H groups in total. The molecule has 0 unspecified atom stereocenters. The second-order valence-corrected chi connectivity index (χ2v) is 7.19. The van der Waals surface area contributed by atoms with Crippen LogP contribution in [0.4, 0.5) is 11.5 Å². The summed E-state index contributed by atoms with van der Waals surface area (Å²) in [6, 6.07) is 15.9. The molecule has 2 heterocycles. The van der Waals surface area contributed by atoms with E-state index in [0.29, 0.717) is 23.7 Å². The molecule has 6 heteroatoms. The smallest absolute Gasteiger partial charge is 0.224 e. The van der Waals surface area contributed by atoms with Crippen LogP contribution in [-0.4, -0.2) is 15.9 Å². The Bertz CT molecular complexity index is 1140. The number of hydrogen-bond donors (Lipinski definition) is 3. The maximum absolute atomic E-state index is 12.1. The van der Waals surface area contributed by atoms with E-state index >= 15 is 0 Å². The predicted octanol–water partition coefficient (Wildman–Crippen LogP) is 5.72. The van der Waals surface area contributed by atoms with Gasteiger partial charge in [-0.25, -0.2) is 4.98 Å². The maximum atomic E-state index is 12.1. The standard InChI is InChI=1S/C22H21ClN4O/c1-2-6-21(28)26-18-10-15(23)9-17-16-11-20(25-13-19(16)27-22(17)18)24-12-14-7-4-3-5-8-14/h3-5,7-11,13,27H,2,6,12H2,1H3,(H,24,25)(H,26,28). The van der Waals surface area contributed by atoms with Crippen molar-refractivity contribution in [1.29, 1.82) is 0 Å². The molecule has 0 aliphatic heterocycles. The summed E-state index contributed by atoms with van der Waals surface area (Å²) in [6.45, 7) is 2.67. The average Bonchev–Trinajstić information content (AvgIpc) is 3.05. The van der Waals surface area contributed by atoms with Gasteiger partial charge in [-0.1, -0.05) is 48.9 Å². The number of rotatable bonds is 6. The van der Waals surface area contributed by atoms with Crippen LogP contribution < -0.4 is 10.6 Å². The van der Waals surface area contributed by atoms with Gasteiger partial charge >= 0.3 is 0 Å². The number of carbonyl (C=O) groups is 1. The van der Waals surface area contributed by atoms with Gasteiger partial charge in [-0.15, -0.1) is 0 Å². The highest BCUT2D eigenvalue weighted by molar-refractivity contribution is 6.33. The topological polar surface area (TPSA) is 69.8 Å². The molecule has 2 aromatic carbocycles. The molecule has 0 aliphatic rings. The fraction of sp³-hybridized carbons (Fsp3) is 0.182. The zero-order chi connectivity index (χ0) is 19.5. The molecule has 0 fully saturated rings. The van der Waals surface area contributed by atoms with Crippen molar-refractivity contribution in [2.24, 2.45) is 0 Å². The first kappa shape index (κ1) is 18.3. The van der Waals surface area contributed by atoms with Crippen LogP contribution in [0.25, 0.3) is 21.8 Å². The van der Waals surface area contributed by atoms with Crippen molar-refractivity contribution in [1.82, 2.24) is 9.97 Å². The summed E-state index contributed by atoms with van der Waals surface area (Å²) < 4.78 is 0. The Kier molecular flexibility index (Phi) is 5.17. The predicted molar refractivity (Wildman–Crippen MR) is 116 cm³/mol. The Balaban J connectivity index is 1.69. The Morgan fingerprint density at radius 1 is 1.14 bits per heavy atom. The lowest BCUT2D eigenvalue weighted by Gasteiger charge is -2.07. The molecule has 4 rings (SSSR count). The molecule has 2 aromatic heterocycles. The van der Waals surface area contributed by atoms with E-state index in [0.717, 1.165) is 34.0 Å². The van der Waals surface area contributed by atoms with Gasteiger partial charge in [0.2, 0.25) is 5.91 Å². The summed E-state index contributed by atoms with van der Waals surface area (Å²) >= 11 is 6.33. The van der Waals surface area contributed by atoms with Crippen LogP contribution in [0.2, 0.25) is 5.02 Å². The van der Waals surface area contributed by atoms with Gasteiger partial charge in [0, 0.05) is 28.8 Å². The summed E-state index contributed by atoms with van der Waals surface area (Å²) in [6.07, 6.45) is 3.07. The number of pyridine rings is 1. The molecule has 0 saturated carbocycles. The number of aromatic amines is 1. The Labute approximate surface area is 168 Å². The number of nitrogens with zero attached hydrogens (tertiary/aromatic N) is 1. The number of halogens is 1. The Morgan fingerprint density at radius 3 is 2.75 bits per heavy atom. The summed E-state index contributed by atoms with van der Waals surface area (Å²) in [7, 11) is 0. The third-order valence-corrected chi connectivity index (χ3v) is 4.84. The summed E-state index contributed by atoms with van der Waals surface area (Å²) in [4.78, 5) is 19.9. The van der Waals surface area contributed by atoms with E-state index < -0.39 is 0 Å². The highest BCUT2D eigenvalue weighted by Crippen LogP contribution is 2.34. The number of carbonyl (C=O) groups excluding carboxylic acids is 1. The molecule has 142 valence electrons. The lowest BCUT2D eigenvalue weighted by molar-refractivity contribution is -0.116. The van der Waals surface area contributed by atoms with E-state index in [1.54, 1.807) is 12.3 Å². The Morgan fingerprint density at radius 2 is 1.96 bits per heavy atom. The minimum Gasteiger partial charge on any atom is -0.366 e. The van der Waals surface area contributed by atoms with Gasteiger partial charge in [0.25, 0.3) is 0 Å². The van der Waals surface area contributed by atoms with E-state index in [2.05, 4.69) is 32.7 Å². The van der Waals surface area contributed by atoms with Crippen LogP contribution in [0.5, 0.6) is 0 Å². The van der Waals surface area contributed by atoms with Gasteiger partial charge in [-0.2, -0.15) is 0 Å². The first-order valence-corrected chi connectivity index (χ1v) is 9.70.